The Morgan fingerprint density at radius 2 is 1.88 bits per heavy atom. The van der Waals surface area contributed by atoms with E-state index in [0.29, 0.717) is 6.54 Å². The van der Waals surface area contributed by atoms with Crippen molar-refractivity contribution >= 4 is 11.9 Å². The van der Waals surface area contributed by atoms with Crippen LogP contribution in [0.3, 0.4) is 0 Å². The summed E-state index contributed by atoms with van der Waals surface area (Å²) in [4.78, 5) is 30.9. The second kappa shape index (κ2) is 6.24. The molecule has 0 bridgehead atoms. The van der Waals surface area contributed by atoms with E-state index in [4.69, 9.17) is 0 Å². The van der Waals surface area contributed by atoms with Gasteiger partial charge in [-0.2, -0.15) is 0 Å². The van der Waals surface area contributed by atoms with Crippen LogP contribution in [-0.2, 0) is 15.0 Å². The molecule has 4 rings (SSSR count). The normalized spacial score (nSPS) is 23.7. The first-order chi connectivity index (χ1) is 12.5. The Morgan fingerprint density at radius 1 is 1.15 bits per heavy atom. The van der Waals surface area contributed by atoms with Gasteiger partial charge in [0.2, 0.25) is 5.91 Å². The topological polar surface area (TPSA) is 70.5 Å². The monoisotopic (exact) mass is 350 g/mol. The molecule has 1 N–H and O–H groups in total. The zero-order valence-electron chi connectivity index (χ0n) is 14.8. The summed E-state index contributed by atoms with van der Waals surface area (Å²) in [7, 11) is 0. The summed E-state index contributed by atoms with van der Waals surface area (Å²) >= 11 is 0. The average Bonchev–Trinajstić information content (AvgIpc) is 3.33. The van der Waals surface area contributed by atoms with Gasteiger partial charge in [0.25, 0.3) is 0 Å². The minimum absolute atomic E-state index is 0.0685. The Bertz CT molecular complexity index is 828. The van der Waals surface area contributed by atoms with Gasteiger partial charge in [0.05, 0.1) is 11.3 Å². The Hall–Kier alpha value is -2.69. The molecule has 0 spiro atoms. The first kappa shape index (κ1) is 16.8. The fourth-order valence-corrected chi connectivity index (χ4v) is 4.08. The van der Waals surface area contributed by atoms with E-state index in [2.05, 4.69) is 4.98 Å². The highest BCUT2D eigenvalue weighted by molar-refractivity contribution is 5.92. The van der Waals surface area contributed by atoms with Crippen LogP contribution in [0.2, 0.25) is 0 Å². The summed E-state index contributed by atoms with van der Waals surface area (Å²) in [6.07, 6.45) is 5.05. The van der Waals surface area contributed by atoms with Crippen LogP contribution < -0.4 is 0 Å². The number of carbonyl (C=O) groups is 2. The number of carbonyl (C=O) groups excluding carboxylic acids is 1. The van der Waals surface area contributed by atoms with Gasteiger partial charge in [-0.1, -0.05) is 35.9 Å². The number of hydrogen-bond acceptors (Lipinski definition) is 3. The SMILES string of the molecule is Cc1ccc(C2(C(=O)N3C[C@@H](C(=O)O)[C@H](c4cccnc4)C3)CC2)cc1. The van der Waals surface area contributed by atoms with Gasteiger partial charge >= 0.3 is 5.97 Å². The molecule has 5 heteroatoms. The lowest BCUT2D eigenvalue weighted by Crippen LogP contribution is -2.38. The minimum atomic E-state index is -0.852. The fraction of sp³-hybridized carbons (Fsp3) is 0.381. The van der Waals surface area contributed by atoms with Crippen LogP contribution in [0.1, 0.15) is 35.4 Å². The lowest BCUT2D eigenvalue weighted by molar-refractivity contribution is -0.142. The van der Waals surface area contributed by atoms with Crippen LogP contribution in [0.5, 0.6) is 0 Å². The van der Waals surface area contributed by atoms with Gasteiger partial charge in [-0.15, -0.1) is 0 Å². The third kappa shape index (κ3) is 2.77. The molecular weight excluding hydrogens is 328 g/mol. The van der Waals surface area contributed by atoms with Crippen LogP contribution in [0.4, 0.5) is 0 Å². The number of rotatable bonds is 4. The number of carboxylic acid groups (broad SMARTS) is 1. The standard InChI is InChI=1S/C21H22N2O3/c1-14-4-6-16(7-5-14)21(8-9-21)20(26)23-12-17(18(13-23)19(24)25)15-3-2-10-22-11-15/h2-7,10-11,17-18H,8-9,12-13H2,1H3,(H,24,25)/t17-,18+/m0/s1. The number of nitrogens with zero attached hydrogens (tertiary/aromatic N) is 2. The van der Waals surface area contributed by atoms with E-state index in [1.165, 1.54) is 5.56 Å². The minimum Gasteiger partial charge on any atom is -0.481 e. The predicted octanol–water partition coefficient (Wildman–Crippen LogP) is 2.75. The molecule has 1 amide bonds. The van der Waals surface area contributed by atoms with Crippen molar-refractivity contribution in [1.29, 1.82) is 0 Å². The number of benzene rings is 1. The predicted molar refractivity (Wildman–Crippen MR) is 96.8 cm³/mol. The molecule has 2 atom stereocenters. The zero-order chi connectivity index (χ0) is 18.3. The van der Waals surface area contributed by atoms with Crippen molar-refractivity contribution in [2.24, 2.45) is 5.92 Å². The van der Waals surface area contributed by atoms with Gasteiger partial charge < -0.3 is 10.0 Å². The summed E-state index contributed by atoms with van der Waals surface area (Å²) in [5, 5.41) is 9.65. The van der Waals surface area contributed by atoms with E-state index in [-0.39, 0.29) is 18.4 Å². The van der Waals surface area contributed by atoms with Gasteiger partial charge in [-0.25, -0.2) is 0 Å². The third-order valence-electron chi connectivity index (χ3n) is 5.80. The average molecular weight is 350 g/mol. The maximum absolute atomic E-state index is 13.3. The van der Waals surface area contributed by atoms with E-state index >= 15 is 0 Å². The lowest BCUT2D eigenvalue weighted by atomic mass is 9.90. The summed E-state index contributed by atoms with van der Waals surface area (Å²) in [6.45, 7) is 2.73. The van der Waals surface area contributed by atoms with Crippen LogP contribution in [-0.4, -0.2) is 40.0 Å². The van der Waals surface area contributed by atoms with Gasteiger partial charge in [0.1, 0.15) is 0 Å². The summed E-state index contributed by atoms with van der Waals surface area (Å²) in [5.41, 5.74) is 2.64. The molecule has 134 valence electrons. The van der Waals surface area contributed by atoms with Crippen molar-refractivity contribution in [2.75, 3.05) is 13.1 Å². The van der Waals surface area contributed by atoms with E-state index in [9.17, 15) is 14.7 Å². The molecule has 1 aromatic heterocycles. The number of hydrogen-bond donors (Lipinski definition) is 1. The number of pyridine rings is 1. The third-order valence-corrected chi connectivity index (χ3v) is 5.80. The second-order valence-electron chi connectivity index (χ2n) is 7.50. The highest BCUT2D eigenvalue weighted by atomic mass is 16.4. The summed E-state index contributed by atoms with van der Waals surface area (Å²) < 4.78 is 0. The van der Waals surface area contributed by atoms with Crippen molar-refractivity contribution in [3.05, 3.63) is 65.5 Å². The Labute approximate surface area is 152 Å². The highest BCUT2D eigenvalue weighted by Gasteiger charge is 2.55. The fourth-order valence-electron chi connectivity index (χ4n) is 4.08. The molecule has 1 saturated carbocycles. The second-order valence-corrected chi connectivity index (χ2v) is 7.50. The van der Waals surface area contributed by atoms with Crippen LogP contribution >= 0.6 is 0 Å². The molecule has 1 saturated heterocycles. The first-order valence-corrected chi connectivity index (χ1v) is 9.00. The van der Waals surface area contributed by atoms with Gasteiger partial charge in [-0.05, 0) is 37.0 Å². The van der Waals surface area contributed by atoms with E-state index < -0.39 is 17.3 Å². The van der Waals surface area contributed by atoms with Crippen LogP contribution in [0, 0.1) is 12.8 Å². The number of amides is 1. The Morgan fingerprint density at radius 3 is 2.46 bits per heavy atom. The zero-order valence-corrected chi connectivity index (χ0v) is 14.8. The number of aliphatic carboxylic acids is 1. The summed E-state index contributed by atoms with van der Waals surface area (Å²) in [5.74, 6) is -1.58. The molecule has 26 heavy (non-hydrogen) atoms. The molecule has 0 radical (unpaired) electrons. The molecule has 1 aliphatic heterocycles. The molecule has 1 aliphatic carbocycles. The van der Waals surface area contributed by atoms with Crippen molar-refractivity contribution in [3.63, 3.8) is 0 Å². The molecule has 0 unspecified atom stereocenters. The van der Waals surface area contributed by atoms with Gasteiger partial charge in [-0.3, -0.25) is 14.6 Å². The van der Waals surface area contributed by atoms with E-state index in [1.807, 2.05) is 43.3 Å². The summed E-state index contributed by atoms with van der Waals surface area (Å²) in [6, 6.07) is 11.8. The number of aryl methyl sites for hydroxylation is 1. The highest BCUT2D eigenvalue weighted by Crippen LogP contribution is 2.50. The number of aromatic nitrogens is 1. The molecule has 1 aromatic carbocycles. The van der Waals surface area contributed by atoms with Gasteiger partial charge in [0.15, 0.2) is 0 Å². The Balaban J connectivity index is 1.59. The van der Waals surface area contributed by atoms with E-state index in [1.54, 1.807) is 17.3 Å². The molecule has 2 fully saturated rings. The first-order valence-electron chi connectivity index (χ1n) is 9.00. The van der Waals surface area contributed by atoms with Crippen molar-refractivity contribution in [3.8, 4) is 0 Å². The smallest absolute Gasteiger partial charge is 0.308 e. The Kier molecular flexibility index (Phi) is 4.02. The molecular formula is C21H22N2O3. The van der Waals surface area contributed by atoms with E-state index in [0.717, 1.165) is 24.0 Å². The van der Waals surface area contributed by atoms with Crippen molar-refractivity contribution < 1.29 is 14.7 Å². The van der Waals surface area contributed by atoms with Gasteiger partial charge in [0, 0.05) is 31.4 Å². The largest absolute Gasteiger partial charge is 0.481 e. The van der Waals surface area contributed by atoms with Crippen LogP contribution in [0.15, 0.2) is 48.8 Å². The van der Waals surface area contributed by atoms with Crippen molar-refractivity contribution in [2.45, 2.75) is 31.1 Å². The number of likely N-dealkylation sites (tertiary alicyclic amines) is 1. The quantitative estimate of drug-likeness (QED) is 0.920. The number of carboxylic acids is 1. The van der Waals surface area contributed by atoms with Crippen LogP contribution in [0.25, 0.3) is 0 Å². The molecule has 2 aliphatic rings. The molecule has 2 aromatic rings. The maximum Gasteiger partial charge on any atom is 0.308 e. The molecule has 5 nitrogen and oxygen atoms in total. The van der Waals surface area contributed by atoms with Crippen molar-refractivity contribution in [1.82, 2.24) is 9.88 Å². The molecule has 2 heterocycles. The maximum atomic E-state index is 13.3. The lowest BCUT2D eigenvalue weighted by Gasteiger charge is -2.24.